The van der Waals surface area contributed by atoms with E-state index in [-0.39, 0.29) is 11.6 Å². The van der Waals surface area contributed by atoms with Gasteiger partial charge < -0.3 is 20.0 Å². The number of carbonyl (C=O) groups excluding carboxylic acids is 1. The maximum Gasteiger partial charge on any atom is 0.416 e. The number of amides is 1. The molecule has 0 aromatic heterocycles. The molecular weight excluding hydrogens is 357 g/mol. The number of quaternary nitrogens is 2. The lowest BCUT2D eigenvalue weighted by molar-refractivity contribution is -0.999. The Morgan fingerprint density at radius 2 is 1.78 bits per heavy atom. The van der Waals surface area contributed by atoms with Gasteiger partial charge in [-0.2, -0.15) is 13.2 Å². The van der Waals surface area contributed by atoms with E-state index in [1.54, 1.807) is 0 Å². The lowest BCUT2D eigenvalue weighted by Crippen LogP contribution is -3.27. The van der Waals surface area contributed by atoms with Crippen LogP contribution >= 0.6 is 0 Å². The summed E-state index contributed by atoms with van der Waals surface area (Å²) in [4.78, 5) is 17.2. The normalized spacial score (nSPS) is 23.9. The number of piperidine rings is 1. The van der Waals surface area contributed by atoms with Gasteiger partial charge in [0.15, 0.2) is 6.54 Å². The Hall–Kier alpha value is -1.80. The largest absolute Gasteiger partial charge is 0.416 e. The molecule has 2 aliphatic rings. The van der Waals surface area contributed by atoms with E-state index in [9.17, 15) is 18.0 Å². The van der Waals surface area contributed by atoms with Gasteiger partial charge in [-0.05, 0) is 37.5 Å². The first-order chi connectivity index (χ1) is 12.8. The Morgan fingerprint density at radius 3 is 2.41 bits per heavy atom. The summed E-state index contributed by atoms with van der Waals surface area (Å²) in [5.74, 6) is -0.220. The van der Waals surface area contributed by atoms with Crippen molar-refractivity contribution in [1.29, 1.82) is 0 Å². The van der Waals surface area contributed by atoms with Crippen LogP contribution in [0, 0.1) is 0 Å². The summed E-state index contributed by atoms with van der Waals surface area (Å²) in [6, 6.07) is 3.68. The number of nitrogens with one attached hydrogen (secondary N) is 3. The van der Waals surface area contributed by atoms with Crippen molar-refractivity contribution < 1.29 is 27.8 Å². The van der Waals surface area contributed by atoms with Crippen LogP contribution in [0.3, 0.4) is 0 Å². The molecule has 2 fully saturated rings. The highest BCUT2D eigenvalue weighted by molar-refractivity contribution is 5.95. The van der Waals surface area contributed by atoms with Crippen LogP contribution in [0.15, 0.2) is 18.2 Å². The van der Waals surface area contributed by atoms with E-state index in [2.05, 4.69) is 17.3 Å². The topological polar surface area (TPSA) is 41.2 Å². The number of halogens is 3. The summed E-state index contributed by atoms with van der Waals surface area (Å²) in [5.41, 5.74) is 0.235. The maximum atomic E-state index is 13.2. The minimum absolute atomic E-state index is 0.220. The van der Waals surface area contributed by atoms with E-state index < -0.39 is 11.7 Å². The monoisotopic (exact) mass is 386 g/mol. The molecule has 27 heavy (non-hydrogen) atoms. The van der Waals surface area contributed by atoms with Gasteiger partial charge in [0.1, 0.15) is 26.2 Å². The van der Waals surface area contributed by atoms with Crippen LogP contribution in [-0.2, 0) is 11.0 Å². The molecule has 0 aliphatic carbocycles. The predicted octanol–water partition coefficient (Wildman–Crippen LogP) is 0.0474. The van der Waals surface area contributed by atoms with Gasteiger partial charge in [0.2, 0.25) is 0 Å². The van der Waals surface area contributed by atoms with Gasteiger partial charge in [-0.25, -0.2) is 0 Å². The Morgan fingerprint density at radius 1 is 1.11 bits per heavy atom. The molecule has 2 heterocycles. The van der Waals surface area contributed by atoms with Crippen molar-refractivity contribution in [3.8, 4) is 0 Å². The summed E-state index contributed by atoms with van der Waals surface area (Å²) >= 11 is 0. The number of alkyl halides is 3. The molecule has 1 amide bonds. The summed E-state index contributed by atoms with van der Waals surface area (Å²) in [6.45, 7) is 5.72. The third-order valence-electron chi connectivity index (χ3n) is 5.52. The summed E-state index contributed by atoms with van der Waals surface area (Å²) < 4.78 is 39.5. The summed E-state index contributed by atoms with van der Waals surface area (Å²) in [6.07, 6.45) is -1.26. The van der Waals surface area contributed by atoms with E-state index in [1.165, 1.54) is 15.9 Å². The first-order valence-corrected chi connectivity index (χ1v) is 9.74. The number of piperazine rings is 1. The lowest BCUT2D eigenvalue weighted by Gasteiger charge is -2.31. The molecule has 0 unspecified atom stereocenters. The molecule has 1 aromatic carbocycles. The van der Waals surface area contributed by atoms with Gasteiger partial charge in [-0.3, -0.25) is 4.79 Å². The fourth-order valence-electron chi connectivity index (χ4n) is 3.85. The number of hydrogen-bond acceptors (Lipinski definition) is 2. The van der Waals surface area contributed by atoms with Crippen molar-refractivity contribution in [1.82, 2.24) is 0 Å². The molecule has 0 saturated carbocycles. The molecule has 2 aliphatic heterocycles. The zero-order valence-corrected chi connectivity index (χ0v) is 15.8. The average molecular weight is 386 g/mol. The number of carbonyl (C=O) groups is 1. The first kappa shape index (κ1) is 19.9. The van der Waals surface area contributed by atoms with Gasteiger partial charge >= 0.3 is 6.18 Å². The highest BCUT2D eigenvalue weighted by atomic mass is 19.4. The van der Waals surface area contributed by atoms with Crippen molar-refractivity contribution in [2.24, 2.45) is 0 Å². The first-order valence-electron chi connectivity index (χ1n) is 9.74. The van der Waals surface area contributed by atoms with Crippen molar-refractivity contribution in [2.75, 3.05) is 63.1 Å². The molecule has 0 radical (unpaired) electrons. The molecule has 0 spiro atoms. The van der Waals surface area contributed by atoms with Crippen LogP contribution in [0.25, 0.3) is 0 Å². The fourth-order valence-corrected chi connectivity index (χ4v) is 3.85. The van der Waals surface area contributed by atoms with E-state index in [0.29, 0.717) is 12.2 Å². The second-order valence-electron chi connectivity index (χ2n) is 7.71. The number of rotatable bonds is 4. The third kappa shape index (κ3) is 5.35. The van der Waals surface area contributed by atoms with Crippen LogP contribution in [0.5, 0.6) is 0 Å². The van der Waals surface area contributed by atoms with Gasteiger partial charge in [-0.15, -0.1) is 0 Å². The SMILES string of the molecule is C[NH+]1CC[NH+](CC(=O)Nc2cc(C(F)(F)F)ccc2N2CCCCC2)CC1. The van der Waals surface area contributed by atoms with Gasteiger partial charge in [0, 0.05) is 13.1 Å². The molecule has 1 aromatic rings. The molecule has 0 atom stereocenters. The van der Waals surface area contributed by atoms with E-state index in [0.717, 1.165) is 70.7 Å². The van der Waals surface area contributed by atoms with E-state index in [1.807, 2.05) is 0 Å². The predicted molar refractivity (Wildman–Crippen MR) is 98.3 cm³/mol. The smallest absolute Gasteiger partial charge is 0.370 e. The zero-order valence-electron chi connectivity index (χ0n) is 15.8. The molecular formula is C19H29F3N4O+2. The van der Waals surface area contributed by atoms with Crippen molar-refractivity contribution in [3.05, 3.63) is 23.8 Å². The number of anilines is 2. The van der Waals surface area contributed by atoms with E-state index >= 15 is 0 Å². The molecule has 5 nitrogen and oxygen atoms in total. The summed E-state index contributed by atoms with van der Waals surface area (Å²) in [5, 5.41) is 2.77. The van der Waals surface area contributed by atoms with Crippen molar-refractivity contribution >= 4 is 17.3 Å². The lowest BCUT2D eigenvalue weighted by atomic mass is 10.1. The molecule has 0 bridgehead atoms. The van der Waals surface area contributed by atoms with E-state index in [4.69, 9.17) is 0 Å². The van der Waals surface area contributed by atoms with Crippen LogP contribution < -0.4 is 20.0 Å². The van der Waals surface area contributed by atoms with Gasteiger partial charge in [0.05, 0.1) is 24.0 Å². The number of likely N-dealkylation sites (N-methyl/N-ethyl adjacent to an activating group) is 1. The van der Waals surface area contributed by atoms with Crippen LogP contribution in [0.1, 0.15) is 24.8 Å². The molecule has 2 saturated heterocycles. The minimum Gasteiger partial charge on any atom is -0.370 e. The van der Waals surface area contributed by atoms with Crippen LogP contribution in [0.2, 0.25) is 0 Å². The second-order valence-corrected chi connectivity index (χ2v) is 7.71. The van der Waals surface area contributed by atoms with Gasteiger partial charge in [-0.1, -0.05) is 0 Å². The third-order valence-corrected chi connectivity index (χ3v) is 5.52. The van der Waals surface area contributed by atoms with Crippen molar-refractivity contribution in [2.45, 2.75) is 25.4 Å². The van der Waals surface area contributed by atoms with Crippen molar-refractivity contribution in [3.63, 3.8) is 0 Å². The Balaban J connectivity index is 1.75. The molecule has 8 heteroatoms. The maximum absolute atomic E-state index is 13.2. The van der Waals surface area contributed by atoms with Crippen LogP contribution in [0.4, 0.5) is 24.5 Å². The average Bonchev–Trinajstić information content (AvgIpc) is 2.63. The highest BCUT2D eigenvalue weighted by Gasteiger charge is 2.32. The Labute approximate surface area is 158 Å². The Kier molecular flexibility index (Phi) is 6.26. The highest BCUT2D eigenvalue weighted by Crippen LogP contribution is 2.36. The molecule has 3 N–H and O–H groups in total. The zero-order chi connectivity index (χ0) is 19.4. The summed E-state index contributed by atoms with van der Waals surface area (Å²) in [7, 11) is 2.13. The minimum atomic E-state index is -4.43. The standard InChI is InChI=1S/C19H27F3N4O/c1-24-9-11-25(12-10-24)14-18(27)23-16-13-15(19(20,21)22)5-6-17(16)26-7-3-2-4-8-26/h5-6,13H,2-4,7-12,14H2,1H3,(H,23,27)/p+2. The molecule has 3 rings (SSSR count). The van der Waals surface area contributed by atoms with Crippen LogP contribution in [-0.4, -0.2) is 58.8 Å². The fraction of sp³-hybridized carbons (Fsp3) is 0.632. The number of hydrogen-bond donors (Lipinski definition) is 3. The number of nitrogens with zero attached hydrogens (tertiary/aromatic N) is 1. The Bertz CT molecular complexity index is 651. The second kappa shape index (κ2) is 8.48. The quantitative estimate of drug-likeness (QED) is 0.685. The van der Waals surface area contributed by atoms with Gasteiger partial charge in [0.25, 0.3) is 5.91 Å². The molecule has 150 valence electrons. The number of benzene rings is 1.